The quantitative estimate of drug-likeness (QED) is 0.696. The van der Waals surface area contributed by atoms with E-state index in [0.29, 0.717) is 4.34 Å². The van der Waals surface area contributed by atoms with Gasteiger partial charge in [0.1, 0.15) is 10.3 Å². The maximum atomic E-state index is 11.0. The van der Waals surface area contributed by atoms with Crippen molar-refractivity contribution in [1.29, 1.82) is 0 Å². The average molecular weight is 198 g/mol. The van der Waals surface area contributed by atoms with Gasteiger partial charge in [0.25, 0.3) is 0 Å². The molecule has 1 atom stereocenters. The second-order valence-corrected chi connectivity index (χ2v) is 4.79. The lowest BCUT2D eigenvalue weighted by Crippen LogP contribution is -1.83. The second-order valence-electron chi connectivity index (χ2n) is 2.26. The standard InChI is InChI=1S/C7H6N2OS2/c1-12(10)7-9-5-3-2-4-8-6(5)11-7/h2-4H,1H3/t12-/m0/s1. The molecule has 0 fully saturated rings. The van der Waals surface area contributed by atoms with Gasteiger partial charge in [-0.15, -0.1) is 0 Å². The molecule has 0 aliphatic rings. The SMILES string of the molecule is C[S@](=O)c1nc2cccnc2s1. The highest BCUT2D eigenvalue weighted by atomic mass is 32.2. The summed E-state index contributed by atoms with van der Waals surface area (Å²) < 4.78 is 11.7. The summed E-state index contributed by atoms with van der Waals surface area (Å²) in [7, 11) is -0.994. The minimum atomic E-state index is -0.994. The Kier molecular flexibility index (Phi) is 1.90. The van der Waals surface area contributed by atoms with Crippen molar-refractivity contribution in [1.82, 2.24) is 9.97 Å². The molecule has 0 amide bonds. The molecule has 0 aromatic carbocycles. The zero-order valence-electron chi connectivity index (χ0n) is 6.35. The molecule has 12 heavy (non-hydrogen) atoms. The highest BCUT2D eigenvalue weighted by Gasteiger charge is 2.05. The molecule has 2 aromatic heterocycles. The lowest BCUT2D eigenvalue weighted by Gasteiger charge is -1.80. The largest absolute Gasteiger partial charge is 0.252 e. The van der Waals surface area contributed by atoms with Crippen LogP contribution in [0.1, 0.15) is 0 Å². The van der Waals surface area contributed by atoms with Crippen LogP contribution >= 0.6 is 11.3 Å². The Bertz CT molecular complexity index is 405. The summed E-state index contributed by atoms with van der Waals surface area (Å²) in [6.07, 6.45) is 3.33. The summed E-state index contributed by atoms with van der Waals surface area (Å²) in [4.78, 5) is 9.12. The van der Waals surface area contributed by atoms with E-state index in [-0.39, 0.29) is 0 Å². The summed E-state index contributed by atoms with van der Waals surface area (Å²) in [6, 6.07) is 3.69. The van der Waals surface area contributed by atoms with Crippen molar-refractivity contribution >= 4 is 32.5 Å². The summed E-state index contributed by atoms with van der Waals surface area (Å²) in [5, 5.41) is 0. The molecule has 0 aliphatic heterocycles. The number of pyridine rings is 1. The van der Waals surface area contributed by atoms with Crippen LogP contribution in [0.4, 0.5) is 0 Å². The first-order valence-electron chi connectivity index (χ1n) is 3.32. The number of aromatic nitrogens is 2. The van der Waals surface area contributed by atoms with Gasteiger partial charge in [-0.2, -0.15) is 0 Å². The first-order chi connectivity index (χ1) is 5.77. The first kappa shape index (κ1) is 7.82. The van der Waals surface area contributed by atoms with Gasteiger partial charge in [-0.25, -0.2) is 9.97 Å². The average Bonchev–Trinajstić information content (AvgIpc) is 2.46. The molecule has 2 heterocycles. The molecule has 3 nitrogen and oxygen atoms in total. The lowest BCUT2D eigenvalue weighted by atomic mass is 10.5. The maximum absolute atomic E-state index is 11.0. The van der Waals surface area contributed by atoms with Gasteiger partial charge < -0.3 is 0 Å². The fourth-order valence-corrected chi connectivity index (χ4v) is 2.45. The van der Waals surface area contributed by atoms with Crippen molar-refractivity contribution in [3.05, 3.63) is 18.3 Å². The number of hydrogen-bond donors (Lipinski definition) is 0. The minimum Gasteiger partial charge on any atom is -0.252 e. The summed E-state index contributed by atoms with van der Waals surface area (Å²) in [6.45, 7) is 0. The van der Waals surface area contributed by atoms with Crippen molar-refractivity contribution in [3.63, 3.8) is 0 Å². The number of rotatable bonds is 1. The molecule has 5 heteroatoms. The van der Waals surface area contributed by atoms with E-state index in [1.807, 2.05) is 12.1 Å². The molecule has 0 saturated heterocycles. The Balaban J connectivity index is 2.70. The third kappa shape index (κ3) is 1.25. The van der Waals surface area contributed by atoms with E-state index in [2.05, 4.69) is 9.97 Å². The van der Waals surface area contributed by atoms with Gasteiger partial charge in [-0.1, -0.05) is 11.3 Å². The van der Waals surface area contributed by atoms with E-state index in [9.17, 15) is 4.21 Å². The molecular weight excluding hydrogens is 192 g/mol. The van der Waals surface area contributed by atoms with Gasteiger partial charge in [0.2, 0.25) is 0 Å². The third-order valence-corrected chi connectivity index (χ3v) is 3.70. The van der Waals surface area contributed by atoms with Crippen molar-refractivity contribution in [2.45, 2.75) is 4.34 Å². The second kappa shape index (κ2) is 2.91. The predicted octanol–water partition coefficient (Wildman–Crippen LogP) is 1.43. The molecule has 0 N–H and O–H groups in total. The smallest absolute Gasteiger partial charge is 0.183 e. The Morgan fingerprint density at radius 1 is 1.58 bits per heavy atom. The van der Waals surface area contributed by atoms with Crippen LogP contribution in [0, 0.1) is 0 Å². The molecule has 0 bridgehead atoms. The van der Waals surface area contributed by atoms with Gasteiger partial charge in [0.15, 0.2) is 4.34 Å². The lowest BCUT2D eigenvalue weighted by molar-refractivity contribution is 0.686. The van der Waals surface area contributed by atoms with Crippen LogP contribution in [0.15, 0.2) is 22.7 Å². The third-order valence-electron chi connectivity index (χ3n) is 1.39. The van der Waals surface area contributed by atoms with E-state index in [1.54, 1.807) is 12.5 Å². The van der Waals surface area contributed by atoms with Crippen LogP contribution < -0.4 is 0 Å². The van der Waals surface area contributed by atoms with Crippen LogP contribution in [0.5, 0.6) is 0 Å². The summed E-state index contributed by atoms with van der Waals surface area (Å²) >= 11 is 1.38. The molecule has 0 spiro atoms. The van der Waals surface area contributed by atoms with Crippen molar-refractivity contribution < 1.29 is 4.21 Å². The Morgan fingerprint density at radius 3 is 3.08 bits per heavy atom. The normalized spacial score (nSPS) is 13.4. The summed E-state index contributed by atoms with van der Waals surface area (Å²) in [5.74, 6) is 0. The monoisotopic (exact) mass is 198 g/mol. The van der Waals surface area contributed by atoms with E-state index in [4.69, 9.17) is 0 Å². The molecule has 0 radical (unpaired) electrons. The van der Waals surface area contributed by atoms with Crippen LogP contribution in [0.3, 0.4) is 0 Å². The van der Waals surface area contributed by atoms with Gasteiger partial charge in [-0.3, -0.25) is 4.21 Å². The molecule has 0 aliphatic carbocycles. The van der Waals surface area contributed by atoms with Crippen LogP contribution in [0.2, 0.25) is 0 Å². The molecule has 2 rings (SSSR count). The van der Waals surface area contributed by atoms with Crippen LogP contribution in [0.25, 0.3) is 10.3 Å². The van der Waals surface area contributed by atoms with Crippen molar-refractivity contribution in [3.8, 4) is 0 Å². The topological polar surface area (TPSA) is 42.9 Å². The number of fused-ring (bicyclic) bond motifs is 1. The molecule has 62 valence electrons. The number of nitrogens with zero attached hydrogens (tertiary/aromatic N) is 2. The van der Waals surface area contributed by atoms with Crippen LogP contribution in [-0.4, -0.2) is 20.4 Å². The Labute approximate surface area is 75.9 Å². The molecular formula is C7H6N2OS2. The van der Waals surface area contributed by atoms with E-state index in [0.717, 1.165) is 10.3 Å². The Morgan fingerprint density at radius 2 is 2.42 bits per heavy atom. The fourth-order valence-electron chi connectivity index (χ4n) is 0.873. The minimum absolute atomic E-state index is 0.642. The van der Waals surface area contributed by atoms with E-state index < -0.39 is 10.8 Å². The highest BCUT2D eigenvalue weighted by Crippen LogP contribution is 2.20. The van der Waals surface area contributed by atoms with Gasteiger partial charge in [0.05, 0.1) is 10.8 Å². The van der Waals surface area contributed by atoms with E-state index >= 15 is 0 Å². The zero-order chi connectivity index (χ0) is 8.55. The highest BCUT2D eigenvalue weighted by molar-refractivity contribution is 7.86. The van der Waals surface area contributed by atoms with Gasteiger partial charge in [0, 0.05) is 12.5 Å². The zero-order valence-corrected chi connectivity index (χ0v) is 7.98. The molecule has 0 saturated carbocycles. The van der Waals surface area contributed by atoms with Gasteiger partial charge >= 0.3 is 0 Å². The van der Waals surface area contributed by atoms with Crippen molar-refractivity contribution in [2.24, 2.45) is 0 Å². The number of hydrogen-bond acceptors (Lipinski definition) is 4. The fraction of sp³-hybridized carbons (Fsp3) is 0.143. The summed E-state index contributed by atoms with van der Waals surface area (Å²) in [5.41, 5.74) is 0.827. The van der Waals surface area contributed by atoms with Gasteiger partial charge in [-0.05, 0) is 12.1 Å². The predicted molar refractivity (Wildman–Crippen MR) is 49.7 cm³/mol. The van der Waals surface area contributed by atoms with Crippen LogP contribution in [-0.2, 0) is 10.8 Å². The number of thiazole rings is 1. The Hall–Kier alpha value is -0.810. The molecule has 2 aromatic rings. The van der Waals surface area contributed by atoms with E-state index in [1.165, 1.54) is 11.3 Å². The molecule has 0 unspecified atom stereocenters. The maximum Gasteiger partial charge on any atom is 0.183 e. The first-order valence-corrected chi connectivity index (χ1v) is 5.70. The van der Waals surface area contributed by atoms with Crippen molar-refractivity contribution in [2.75, 3.05) is 6.26 Å².